The van der Waals surface area contributed by atoms with Crippen molar-refractivity contribution in [1.29, 1.82) is 0 Å². The van der Waals surface area contributed by atoms with Gasteiger partial charge in [-0.05, 0) is 89.8 Å². The summed E-state index contributed by atoms with van der Waals surface area (Å²) in [5, 5.41) is 9.19. The molecule has 8 heteroatoms. The van der Waals surface area contributed by atoms with Crippen LogP contribution in [0.15, 0.2) is 23.1 Å². The van der Waals surface area contributed by atoms with Crippen LogP contribution in [0.5, 0.6) is 5.75 Å². The third-order valence-corrected chi connectivity index (χ3v) is 7.84. The molecule has 0 unspecified atom stereocenters. The number of aryl methyl sites for hydroxylation is 1. The Labute approximate surface area is 185 Å². The number of ether oxygens (including phenoxy) is 2. The first kappa shape index (κ1) is 24.0. The van der Waals surface area contributed by atoms with E-state index < -0.39 is 27.6 Å². The van der Waals surface area contributed by atoms with Crippen molar-refractivity contribution in [1.82, 2.24) is 4.31 Å². The number of benzene rings is 1. The van der Waals surface area contributed by atoms with E-state index in [1.54, 1.807) is 39.0 Å². The number of esters is 1. The molecule has 0 spiro atoms. The summed E-state index contributed by atoms with van der Waals surface area (Å²) in [5.41, 5.74) is 0.227. The van der Waals surface area contributed by atoms with E-state index in [4.69, 9.17) is 9.47 Å². The number of aliphatic hydroxyl groups is 1. The molecule has 1 saturated heterocycles. The molecule has 3 atom stereocenters. The fourth-order valence-corrected chi connectivity index (χ4v) is 6.19. The average Bonchev–Trinajstić information content (AvgIpc) is 3.30. The Balaban J connectivity index is 1.85. The van der Waals surface area contributed by atoms with E-state index >= 15 is 0 Å². The molecule has 0 amide bonds. The van der Waals surface area contributed by atoms with E-state index in [2.05, 4.69) is 0 Å². The zero-order valence-electron chi connectivity index (χ0n) is 19.0. The minimum atomic E-state index is -3.93. The smallest absolute Gasteiger partial charge is 0.324 e. The number of sulfonamides is 1. The molecule has 1 aromatic rings. The van der Waals surface area contributed by atoms with E-state index in [1.165, 1.54) is 4.31 Å². The lowest BCUT2D eigenvalue weighted by Crippen LogP contribution is -2.43. The van der Waals surface area contributed by atoms with E-state index in [9.17, 15) is 18.3 Å². The number of hydrogen-bond acceptors (Lipinski definition) is 6. The van der Waals surface area contributed by atoms with Gasteiger partial charge in [0.05, 0.1) is 6.10 Å². The van der Waals surface area contributed by atoms with Crippen LogP contribution in [0.3, 0.4) is 0 Å². The Morgan fingerprint density at radius 1 is 1.23 bits per heavy atom. The lowest BCUT2D eigenvalue weighted by atomic mass is 10.1. The molecule has 3 rings (SSSR count). The minimum Gasteiger partial charge on any atom is -0.489 e. The van der Waals surface area contributed by atoms with E-state index in [-0.39, 0.29) is 24.2 Å². The second kappa shape index (κ2) is 9.46. The number of hydrogen-bond donors (Lipinski definition) is 1. The topological polar surface area (TPSA) is 93.1 Å². The Kier molecular flexibility index (Phi) is 7.33. The fraction of sp³-hybridized carbons (Fsp3) is 0.696. The van der Waals surface area contributed by atoms with Crippen LogP contribution >= 0.6 is 0 Å². The van der Waals surface area contributed by atoms with Crippen LogP contribution < -0.4 is 4.74 Å². The van der Waals surface area contributed by atoms with Gasteiger partial charge in [-0.3, -0.25) is 4.79 Å². The van der Waals surface area contributed by atoms with Crippen molar-refractivity contribution in [2.24, 2.45) is 5.92 Å². The van der Waals surface area contributed by atoms with Crippen LogP contribution in [-0.2, 0) is 19.6 Å². The summed E-state index contributed by atoms with van der Waals surface area (Å²) in [5.74, 6) is 0.227. The maximum absolute atomic E-state index is 13.6. The average molecular weight is 454 g/mol. The van der Waals surface area contributed by atoms with Crippen LogP contribution in [-0.4, -0.2) is 54.7 Å². The van der Waals surface area contributed by atoms with Gasteiger partial charge in [-0.1, -0.05) is 6.07 Å². The highest BCUT2D eigenvalue weighted by Crippen LogP contribution is 2.37. The van der Waals surface area contributed by atoms with Gasteiger partial charge in [-0.15, -0.1) is 0 Å². The third kappa shape index (κ3) is 5.79. The summed E-state index contributed by atoms with van der Waals surface area (Å²) in [6.45, 7) is 7.65. The summed E-state index contributed by atoms with van der Waals surface area (Å²) in [4.78, 5) is 12.8. The lowest BCUT2D eigenvalue weighted by Gasteiger charge is -2.28. The first-order chi connectivity index (χ1) is 14.5. The van der Waals surface area contributed by atoms with Gasteiger partial charge in [0.15, 0.2) is 0 Å². The van der Waals surface area contributed by atoms with Crippen LogP contribution in [0, 0.1) is 12.8 Å². The van der Waals surface area contributed by atoms with Crippen molar-refractivity contribution in [2.75, 3.05) is 13.2 Å². The number of carbonyl (C=O) groups is 1. The molecule has 2 aliphatic rings. The Hall–Kier alpha value is -1.64. The molecular weight excluding hydrogens is 418 g/mol. The zero-order valence-corrected chi connectivity index (χ0v) is 19.8. The molecule has 0 bridgehead atoms. The molecule has 31 heavy (non-hydrogen) atoms. The number of rotatable bonds is 7. The predicted molar refractivity (Wildman–Crippen MR) is 117 cm³/mol. The molecule has 2 fully saturated rings. The van der Waals surface area contributed by atoms with Crippen LogP contribution in [0.4, 0.5) is 0 Å². The van der Waals surface area contributed by atoms with Gasteiger partial charge < -0.3 is 14.6 Å². The van der Waals surface area contributed by atoms with Crippen molar-refractivity contribution in [3.63, 3.8) is 0 Å². The standard InChI is InChI=1S/C23H35NO6S/c1-16-7-10-21(20(14-16)29-18-9-8-17(15-18)11-13-25)31(27,28)24-12-5-6-19(24)22(26)30-23(2,3)4/h7,10,14,17-19,25H,5-6,8-9,11-13,15H2,1-4H3/t17-,18-,19-/m0/s1. The van der Waals surface area contributed by atoms with Crippen LogP contribution in [0.1, 0.15) is 64.9 Å². The summed E-state index contributed by atoms with van der Waals surface area (Å²) in [6.07, 6.45) is 4.32. The minimum absolute atomic E-state index is 0.0764. The highest BCUT2D eigenvalue weighted by molar-refractivity contribution is 7.89. The quantitative estimate of drug-likeness (QED) is 0.636. The van der Waals surface area contributed by atoms with Gasteiger partial charge in [-0.25, -0.2) is 8.42 Å². The van der Waals surface area contributed by atoms with Crippen molar-refractivity contribution in [3.05, 3.63) is 23.8 Å². The molecule has 0 radical (unpaired) electrons. The van der Waals surface area contributed by atoms with E-state index in [0.29, 0.717) is 24.5 Å². The van der Waals surface area contributed by atoms with Gasteiger partial charge in [-0.2, -0.15) is 4.31 Å². The maximum Gasteiger partial charge on any atom is 0.324 e. The van der Waals surface area contributed by atoms with Gasteiger partial charge in [0.25, 0.3) is 0 Å². The SMILES string of the molecule is Cc1ccc(S(=O)(=O)N2CCC[C@H]2C(=O)OC(C)(C)C)c(O[C@H]2CC[C@@H](CCO)C2)c1. The van der Waals surface area contributed by atoms with E-state index in [1.807, 2.05) is 6.92 Å². The first-order valence-electron chi connectivity index (χ1n) is 11.1. The summed E-state index contributed by atoms with van der Waals surface area (Å²) in [6, 6.07) is 4.26. The van der Waals surface area contributed by atoms with Gasteiger partial charge in [0.2, 0.25) is 10.0 Å². The third-order valence-electron chi connectivity index (χ3n) is 5.89. The molecule has 1 saturated carbocycles. The fourth-order valence-electron chi connectivity index (χ4n) is 4.44. The molecule has 1 aliphatic heterocycles. The van der Waals surface area contributed by atoms with Crippen LogP contribution in [0.25, 0.3) is 0 Å². The zero-order chi connectivity index (χ0) is 22.8. The van der Waals surface area contributed by atoms with Crippen LogP contribution in [0.2, 0.25) is 0 Å². The first-order valence-corrected chi connectivity index (χ1v) is 12.6. The molecule has 174 valence electrons. The van der Waals surface area contributed by atoms with Crippen molar-refractivity contribution < 1.29 is 27.8 Å². The Morgan fingerprint density at radius 3 is 2.65 bits per heavy atom. The second-order valence-corrected chi connectivity index (χ2v) is 11.5. The van der Waals surface area contributed by atoms with Crippen molar-refractivity contribution >= 4 is 16.0 Å². The molecule has 1 aliphatic carbocycles. The van der Waals surface area contributed by atoms with E-state index in [0.717, 1.165) is 31.2 Å². The number of carbonyl (C=O) groups excluding carboxylic acids is 1. The van der Waals surface area contributed by atoms with Gasteiger partial charge in [0.1, 0.15) is 22.3 Å². The Bertz CT molecular complexity index is 892. The number of aliphatic hydroxyl groups excluding tert-OH is 1. The summed E-state index contributed by atoms with van der Waals surface area (Å²) in [7, 11) is -3.93. The van der Waals surface area contributed by atoms with Gasteiger partial charge >= 0.3 is 5.97 Å². The Morgan fingerprint density at radius 2 is 1.97 bits per heavy atom. The highest BCUT2D eigenvalue weighted by Gasteiger charge is 2.42. The molecule has 1 N–H and O–H groups in total. The monoisotopic (exact) mass is 453 g/mol. The molecule has 7 nitrogen and oxygen atoms in total. The predicted octanol–water partition coefficient (Wildman–Crippen LogP) is 3.42. The molecule has 0 aromatic heterocycles. The van der Waals surface area contributed by atoms with Crippen molar-refractivity contribution in [3.8, 4) is 5.75 Å². The number of nitrogens with zero attached hydrogens (tertiary/aromatic N) is 1. The highest BCUT2D eigenvalue weighted by atomic mass is 32.2. The maximum atomic E-state index is 13.6. The van der Waals surface area contributed by atoms with Crippen molar-refractivity contribution in [2.45, 2.75) is 88.9 Å². The molecular formula is C23H35NO6S. The molecule has 1 aromatic carbocycles. The normalized spacial score (nSPS) is 25.0. The largest absolute Gasteiger partial charge is 0.489 e. The summed E-state index contributed by atoms with van der Waals surface area (Å²) < 4.78 is 40.1. The lowest BCUT2D eigenvalue weighted by molar-refractivity contribution is -0.158. The van der Waals surface area contributed by atoms with Gasteiger partial charge in [0, 0.05) is 13.2 Å². The summed E-state index contributed by atoms with van der Waals surface area (Å²) >= 11 is 0. The second-order valence-electron chi connectivity index (χ2n) is 9.69. The molecule has 1 heterocycles.